The zero-order chi connectivity index (χ0) is 39.0. The quantitative estimate of drug-likeness (QED) is 0.0776. The van der Waals surface area contributed by atoms with Crippen molar-refractivity contribution >= 4 is 45.3 Å². The van der Waals surface area contributed by atoms with Crippen molar-refractivity contribution in [3.8, 4) is 0 Å². The lowest BCUT2D eigenvalue weighted by Gasteiger charge is -2.38. The number of carbonyl (C=O) groups is 4. The van der Waals surface area contributed by atoms with E-state index < -0.39 is 47.7 Å². The topological polar surface area (TPSA) is 135 Å². The number of likely N-dealkylation sites (tertiary alicyclic amines) is 1. The fraction of sp³-hybridized carbons (Fsp3) is 0.524. The number of allylic oxidation sites excluding steroid dienone is 1. The molecule has 5 rings (SSSR count). The number of alkyl halides is 1. The number of nitrogens with one attached hydrogen (secondary N) is 1. The Bertz CT molecular complexity index is 1650. The molecule has 1 spiro atoms. The molecule has 1 unspecified atom stereocenters. The van der Waals surface area contributed by atoms with Crippen LogP contribution in [0.5, 0.6) is 0 Å². The predicted octanol–water partition coefficient (Wildman–Crippen LogP) is 5.51. The van der Waals surface area contributed by atoms with Crippen LogP contribution in [0.2, 0.25) is 0 Å². The highest BCUT2D eigenvalue weighted by molar-refractivity contribution is 9.09. The molecule has 3 aliphatic rings. The van der Waals surface area contributed by atoms with Crippen LogP contribution in [0.4, 0.5) is 5.69 Å². The zero-order valence-electron chi connectivity index (χ0n) is 31.6. The first-order valence-electron chi connectivity index (χ1n) is 18.9. The Morgan fingerprint density at radius 3 is 2.43 bits per heavy atom. The molecule has 3 heterocycles. The normalized spacial score (nSPS) is 25.2. The van der Waals surface area contributed by atoms with Gasteiger partial charge in [-0.25, -0.2) is 0 Å². The van der Waals surface area contributed by atoms with Gasteiger partial charge >= 0.3 is 5.97 Å². The van der Waals surface area contributed by atoms with Crippen molar-refractivity contribution in [3.63, 3.8) is 0 Å². The van der Waals surface area contributed by atoms with Crippen LogP contribution < -0.4 is 10.2 Å². The van der Waals surface area contributed by atoms with Gasteiger partial charge in [0, 0.05) is 43.7 Å². The first-order chi connectivity index (χ1) is 26.0. The van der Waals surface area contributed by atoms with Gasteiger partial charge in [0.25, 0.3) is 5.91 Å². The molecule has 12 heteroatoms. The smallest absolute Gasteiger partial charge is 0.313 e. The van der Waals surface area contributed by atoms with E-state index in [0.717, 1.165) is 29.7 Å². The van der Waals surface area contributed by atoms with Crippen molar-refractivity contribution in [1.82, 2.24) is 10.2 Å². The summed E-state index contributed by atoms with van der Waals surface area (Å²) in [6, 6.07) is 13.2. The molecule has 0 aromatic heterocycles. The van der Waals surface area contributed by atoms with Gasteiger partial charge in [-0.3, -0.25) is 19.2 Å². The number of methoxy groups -OCH3 is 1. The van der Waals surface area contributed by atoms with E-state index in [1.807, 2.05) is 62.4 Å². The fourth-order valence-electron chi connectivity index (χ4n) is 8.59. The predicted molar refractivity (Wildman–Crippen MR) is 210 cm³/mol. The summed E-state index contributed by atoms with van der Waals surface area (Å²) in [6.07, 6.45) is 5.47. The molecule has 54 heavy (non-hydrogen) atoms. The molecular formula is C42H54BrN3O8. The number of para-hydroxylation sites is 1. The average molecular weight is 809 g/mol. The number of benzene rings is 2. The maximum absolute atomic E-state index is 15.1. The second kappa shape index (κ2) is 18.7. The van der Waals surface area contributed by atoms with Crippen molar-refractivity contribution in [1.29, 1.82) is 0 Å². The second-order valence-corrected chi connectivity index (χ2v) is 15.7. The molecule has 0 saturated carbocycles. The van der Waals surface area contributed by atoms with Crippen LogP contribution >= 0.6 is 15.9 Å². The van der Waals surface area contributed by atoms with E-state index >= 15 is 4.79 Å². The molecular weight excluding hydrogens is 754 g/mol. The number of fused-ring (bicyclic) bond motifs is 1. The molecule has 2 bridgehead atoms. The van der Waals surface area contributed by atoms with Gasteiger partial charge in [0.05, 0.1) is 30.6 Å². The third-order valence-electron chi connectivity index (χ3n) is 10.9. The molecule has 2 aromatic carbocycles. The first-order valence-corrected chi connectivity index (χ1v) is 19.8. The van der Waals surface area contributed by atoms with Crippen LogP contribution in [0, 0.1) is 25.7 Å². The summed E-state index contributed by atoms with van der Waals surface area (Å²) in [4.78, 5) is 60.5. The van der Waals surface area contributed by atoms with Crippen molar-refractivity contribution in [2.45, 2.75) is 93.5 Å². The summed E-state index contributed by atoms with van der Waals surface area (Å²) in [5.74, 6) is -3.50. The van der Waals surface area contributed by atoms with Crippen molar-refractivity contribution < 1.29 is 38.5 Å². The van der Waals surface area contributed by atoms with Crippen LogP contribution in [0.15, 0.2) is 73.8 Å². The summed E-state index contributed by atoms with van der Waals surface area (Å²) in [5, 5.41) is 12.3. The number of esters is 1. The Kier molecular flexibility index (Phi) is 14.3. The zero-order valence-corrected chi connectivity index (χ0v) is 33.2. The lowest BCUT2D eigenvalue weighted by molar-refractivity contribution is -0.163. The molecule has 0 radical (unpaired) electrons. The summed E-state index contributed by atoms with van der Waals surface area (Å²) in [7, 11) is 1.51. The highest BCUT2D eigenvalue weighted by Crippen LogP contribution is 2.60. The number of amides is 3. The molecule has 0 aliphatic carbocycles. The SMILES string of the molecule is C=CCCC(=O)N[C@H](COC)[C@H](OC(=O)[C@@H]1[C@H]2O[C@@]3(CC2Br)[C@H](C(=O)N(CC=C)c2c(C)cccc2C)N(CCCCCCO)C(=O)[C@@H]13)c1ccccc1. The number of nitrogens with zero attached hydrogens (tertiary/aromatic N) is 2. The fourth-order valence-corrected chi connectivity index (χ4v) is 9.53. The molecule has 11 nitrogen and oxygen atoms in total. The Labute approximate surface area is 327 Å². The van der Waals surface area contributed by atoms with Crippen LogP contribution in [0.25, 0.3) is 0 Å². The minimum atomic E-state index is -1.30. The molecule has 2 N–H and O–H groups in total. The average Bonchev–Trinajstić information content (AvgIpc) is 3.75. The molecule has 8 atom stereocenters. The van der Waals surface area contributed by atoms with E-state index in [4.69, 9.17) is 14.2 Å². The summed E-state index contributed by atoms with van der Waals surface area (Å²) in [5.41, 5.74) is 1.91. The summed E-state index contributed by atoms with van der Waals surface area (Å²) < 4.78 is 18.7. The van der Waals surface area contributed by atoms with Gasteiger partial charge in [-0.05, 0) is 56.2 Å². The van der Waals surface area contributed by atoms with Crippen LogP contribution in [-0.2, 0) is 33.4 Å². The first kappa shape index (κ1) is 41.3. The Balaban J connectivity index is 1.53. The number of rotatable bonds is 20. The Hall–Kier alpha value is -3.84. The van der Waals surface area contributed by atoms with Gasteiger partial charge in [0.15, 0.2) is 0 Å². The van der Waals surface area contributed by atoms with Crippen LogP contribution in [0.3, 0.4) is 0 Å². The van der Waals surface area contributed by atoms with Gasteiger partial charge in [-0.15, -0.1) is 13.2 Å². The van der Waals surface area contributed by atoms with Gasteiger partial charge in [0.1, 0.15) is 17.7 Å². The number of aliphatic hydroxyl groups excluding tert-OH is 1. The van der Waals surface area contributed by atoms with Gasteiger partial charge < -0.3 is 34.4 Å². The molecule has 292 valence electrons. The van der Waals surface area contributed by atoms with Crippen molar-refractivity contribution in [2.24, 2.45) is 11.8 Å². The van der Waals surface area contributed by atoms with E-state index in [9.17, 15) is 19.5 Å². The minimum absolute atomic E-state index is 0.0583. The number of hydrogen-bond acceptors (Lipinski definition) is 8. The van der Waals surface area contributed by atoms with E-state index in [-0.39, 0.29) is 55.3 Å². The highest BCUT2D eigenvalue weighted by Gasteiger charge is 2.77. The molecule has 3 aliphatic heterocycles. The number of carbonyl (C=O) groups excluding carboxylic acids is 4. The molecule has 2 aromatic rings. The lowest BCUT2D eigenvalue weighted by atomic mass is 9.70. The third-order valence-corrected chi connectivity index (χ3v) is 11.7. The van der Waals surface area contributed by atoms with Gasteiger partial charge in [-0.2, -0.15) is 0 Å². The third kappa shape index (κ3) is 8.36. The number of ether oxygens (including phenoxy) is 3. The van der Waals surface area contributed by atoms with E-state index in [1.54, 1.807) is 22.0 Å². The minimum Gasteiger partial charge on any atom is -0.455 e. The summed E-state index contributed by atoms with van der Waals surface area (Å²) >= 11 is 3.78. The Morgan fingerprint density at radius 1 is 1.07 bits per heavy atom. The second-order valence-electron chi connectivity index (χ2n) is 14.5. The molecule has 3 saturated heterocycles. The monoisotopic (exact) mass is 807 g/mol. The van der Waals surface area contributed by atoms with Crippen LogP contribution in [-0.4, -0.2) is 95.7 Å². The number of aliphatic hydroxyl groups is 1. The van der Waals surface area contributed by atoms with E-state index in [2.05, 4.69) is 34.4 Å². The number of halogens is 1. The number of hydrogen-bond donors (Lipinski definition) is 2. The Morgan fingerprint density at radius 2 is 1.78 bits per heavy atom. The van der Waals surface area contributed by atoms with Crippen molar-refractivity contribution in [3.05, 3.63) is 90.5 Å². The lowest BCUT2D eigenvalue weighted by Crippen LogP contribution is -2.57. The van der Waals surface area contributed by atoms with Gasteiger partial charge in [-0.1, -0.05) is 89.5 Å². The maximum atomic E-state index is 15.1. The van der Waals surface area contributed by atoms with Crippen molar-refractivity contribution in [2.75, 3.05) is 38.3 Å². The number of aryl methyl sites for hydroxylation is 2. The highest BCUT2D eigenvalue weighted by atomic mass is 79.9. The maximum Gasteiger partial charge on any atom is 0.313 e. The van der Waals surface area contributed by atoms with Gasteiger partial charge in [0.2, 0.25) is 11.8 Å². The molecule has 3 fully saturated rings. The largest absolute Gasteiger partial charge is 0.455 e. The van der Waals surface area contributed by atoms with E-state index in [1.165, 1.54) is 7.11 Å². The van der Waals surface area contributed by atoms with Crippen LogP contribution in [0.1, 0.15) is 67.7 Å². The standard InChI is InChI=1S/C42H54BrN3O8/c1-6-8-21-32(48)44-31(26-52-5)36(29-19-12-11-13-20-29)53-41(51)33-34-39(49)46(23-14-9-10-15-24-47)38(42(34)25-30(43)37(33)54-42)40(50)45(22-7-2)35-27(3)17-16-18-28(35)4/h6-7,11-13,16-20,30-31,33-34,36-38,47H,1-2,8-10,14-15,21-26H2,3-5H3,(H,44,48)/t30?,31-,33+,34-,36-,37+,38+,42-/m1/s1. The molecule has 3 amide bonds. The van der Waals surface area contributed by atoms with E-state index in [0.29, 0.717) is 31.2 Å². The number of anilines is 1. The summed E-state index contributed by atoms with van der Waals surface area (Å²) in [6.45, 7) is 12.2. The number of unbranched alkanes of at least 4 members (excludes halogenated alkanes) is 3.